The first-order chi connectivity index (χ1) is 19.3. The monoisotopic (exact) mass is 542 g/mol. The highest BCUT2D eigenvalue weighted by Crippen LogP contribution is 2.48. The van der Waals surface area contributed by atoms with Crippen LogP contribution in [0.3, 0.4) is 0 Å². The smallest absolute Gasteiger partial charge is 0.338 e. The molecule has 0 bridgehead atoms. The highest BCUT2D eigenvalue weighted by molar-refractivity contribution is 5.93. The van der Waals surface area contributed by atoms with E-state index in [1.807, 2.05) is 11.0 Å². The summed E-state index contributed by atoms with van der Waals surface area (Å²) >= 11 is 0. The summed E-state index contributed by atoms with van der Waals surface area (Å²) < 4.78 is 33.2. The third kappa shape index (κ3) is 5.61. The lowest BCUT2D eigenvalue weighted by Crippen LogP contribution is -2.41. The molecule has 4 aromatic rings. The third-order valence-corrected chi connectivity index (χ3v) is 6.81. The van der Waals surface area contributed by atoms with Crippen molar-refractivity contribution in [2.75, 3.05) is 16.8 Å². The first-order valence-electron chi connectivity index (χ1n) is 12.9. The summed E-state index contributed by atoms with van der Waals surface area (Å²) in [4.78, 5) is 15.6. The molecule has 2 atom stereocenters. The Morgan fingerprint density at radius 2 is 1.45 bits per heavy atom. The Hall–Kier alpha value is -4.85. The van der Waals surface area contributed by atoms with Gasteiger partial charge in [-0.05, 0) is 90.8 Å². The fourth-order valence-corrected chi connectivity index (χ4v) is 5.13. The van der Waals surface area contributed by atoms with Crippen LogP contribution in [0.2, 0.25) is 0 Å². The minimum absolute atomic E-state index is 0.00675. The van der Waals surface area contributed by atoms with E-state index in [-0.39, 0.29) is 30.1 Å². The van der Waals surface area contributed by atoms with Gasteiger partial charge in [0.2, 0.25) is 0 Å². The molecule has 2 unspecified atom stereocenters. The maximum absolute atomic E-state index is 14.0. The van der Waals surface area contributed by atoms with Gasteiger partial charge in [-0.2, -0.15) is 0 Å². The van der Waals surface area contributed by atoms with Gasteiger partial charge in [0.05, 0.1) is 24.3 Å². The largest absolute Gasteiger partial charge is 0.508 e. The van der Waals surface area contributed by atoms with Crippen LogP contribution in [0.25, 0.3) is 0 Å². The van der Waals surface area contributed by atoms with Crippen molar-refractivity contribution in [1.82, 2.24) is 0 Å². The zero-order chi connectivity index (χ0) is 28.2. The SMILES string of the molecule is CCOC(=O)C1=C(Nc2ccc(F)cc2)CC(c2cccc(O)c2)N(c2ccc(F)cc2)C1c1cccc(O)c1. The zero-order valence-electron chi connectivity index (χ0n) is 21.7. The van der Waals surface area contributed by atoms with Gasteiger partial charge in [0.1, 0.15) is 23.1 Å². The molecule has 4 aromatic carbocycles. The average Bonchev–Trinajstić information content (AvgIpc) is 2.94. The van der Waals surface area contributed by atoms with E-state index < -0.39 is 29.7 Å². The number of anilines is 2. The Kier molecular flexibility index (Phi) is 7.68. The number of nitrogens with zero attached hydrogens (tertiary/aromatic N) is 1. The average molecular weight is 543 g/mol. The number of carbonyl (C=O) groups excluding carboxylic acids is 1. The molecule has 5 rings (SSSR count). The first-order valence-corrected chi connectivity index (χ1v) is 12.9. The van der Waals surface area contributed by atoms with Crippen molar-refractivity contribution in [3.8, 4) is 11.5 Å². The summed E-state index contributed by atoms with van der Waals surface area (Å²) in [7, 11) is 0. The van der Waals surface area contributed by atoms with Gasteiger partial charge < -0.3 is 25.2 Å². The number of rotatable bonds is 7. The summed E-state index contributed by atoms with van der Waals surface area (Å²) in [5.41, 5.74) is 3.34. The van der Waals surface area contributed by atoms with Gasteiger partial charge in [0.15, 0.2) is 0 Å². The lowest BCUT2D eigenvalue weighted by atomic mass is 9.84. The van der Waals surface area contributed by atoms with E-state index in [0.717, 1.165) is 5.56 Å². The number of nitrogens with one attached hydrogen (secondary N) is 1. The number of phenolic OH excluding ortho intramolecular Hbond substituents is 2. The molecule has 1 aliphatic heterocycles. The summed E-state index contributed by atoms with van der Waals surface area (Å²) in [6, 6.07) is 23.9. The van der Waals surface area contributed by atoms with Crippen LogP contribution in [0.1, 0.15) is 36.6 Å². The van der Waals surface area contributed by atoms with Crippen LogP contribution in [-0.2, 0) is 9.53 Å². The van der Waals surface area contributed by atoms with Gasteiger partial charge in [0.25, 0.3) is 0 Å². The second-order valence-electron chi connectivity index (χ2n) is 9.44. The predicted molar refractivity (Wildman–Crippen MR) is 149 cm³/mol. The van der Waals surface area contributed by atoms with E-state index in [9.17, 15) is 23.8 Å². The predicted octanol–water partition coefficient (Wildman–Crippen LogP) is 7.00. The summed E-state index contributed by atoms with van der Waals surface area (Å²) in [5, 5.41) is 24.1. The molecule has 1 aliphatic rings. The Morgan fingerprint density at radius 3 is 2.05 bits per heavy atom. The molecule has 0 radical (unpaired) electrons. The fourth-order valence-electron chi connectivity index (χ4n) is 5.13. The lowest BCUT2D eigenvalue weighted by molar-refractivity contribution is -0.139. The zero-order valence-corrected chi connectivity index (χ0v) is 21.7. The minimum atomic E-state index is -0.791. The second-order valence-corrected chi connectivity index (χ2v) is 9.44. The van der Waals surface area contributed by atoms with Crippen LogP contribution in [0.5, 0.6) is 11.5 Å². The van der Waals surface area contributed by atoms with E-state index in [4.69, 9.17) is 4.74 Å². The van der Waals surface area contributed by atoms with Gasteiger partial charge in [-0.25, -0.2) is 13.6 Å². The molecule has 1 heterocycles. The maximum Gasteiger partial charge on any atom is 0.338 e. The van der Waals surface area contributed by atoms with Gasteiger partial charge in [0, 0.05) is 23.5 Å². The van der Waals surface area contributed by atoms with E-state index in [2.05, 4.69) is 5.32 Å². The summed E-state index contributed by atoms with van der Waals surface area (Å²) in [5.74, 6) is -1.30. The number of esters is 1. The van der Waals surface area contributed by atoms with Crippen LogP contribution in [0, 0.1) is 11.6 Å². The third-order valence-electron chi connectivity index (χ3n) is 6.81. The normalized spacial score (nSPS) is 17.0. The highest BCUT2D eigenvalue weighted by atomic mass is 19.1. The van der Waals surface area contributed by atoms with E-state index in [1.54, 1.807) is 67.6 Å². The molecule has 0 amide bonds. The molecular formula is C32H28F2N2O4. The number of ether oxygens (including phenoxy) is 1. The Balaban J connectivity index is 1.79. The lowest BCUT2D eigenvalue weighted by Gasteiger charge is -2.46. The number of phenols is 2. The summed E-state index contributed by atoms with van der Waals surface area (Å²) in [6.07, 6.45) is 0.266. The van der Waals surface area contributed by atoms with Crippen molar-refractivity contribution >= 4 is 17.3 Å². The Bertz CT molecular complexity index is 1540. The minimum Gasteiger partial charge on any atom is -0.508 e. The van der Waals surface area contributed by atoms with Crippen LogP contribution in [0.15, 0.2) is 108 Å². The fraction of sp³-hybridized carbons (Fsp3) is 0.156. The molecule has 40 heavy (non-hydrogen) atoms. The van der Waals surface area contributed by atoms with E-state index >= 15 is 0 Å². The van der Waals surface area contributed by atoms with Gasteiger partial charge in [-0.15, -0.1) is 0 Å². The van der Waals surface area contributed by atoms with Gasteiger partial charge in [-0.1, -0.05) is 24.3 Å². The van der Waals surface area contributed by atoms with Crippen LogP contribution in [-0.4, -0.2) is 22.8 Å². The van der Waals surface area contributed by atoms with Crippen LogP contribution in [0.4, 0.5) is 20.2 Å². The van der Waals surface area contributed by atoms with Crippen molar-refractivity contribution in [2.24, 2.45) is 0 Å². The molecule has 6 nitrogen and oxygen atoms in total. The molecular weight excluding hydrogens is 514 g/mol. The number of halogens is 2. The van der Waals surface area contributed by atoms with Gasteiger partial charge in [-0.3, -0.25) is 0 Å². The standard InChI is InChI=1S/C32H28F2N2O4/c1-2-40-32(39)30-28(35-24-13-9-22(33)10-14-24)19-29(20-5-3-7-26(37)17-20)36(25-15-11-23(34)12-16-25)31(30)21-6-4-8-27(38)18-21/h3-18,29,31,35,37-38H,2,19H2,1H3. The molecule has 204 valence electrons. The number of hydrogen-bond donors (Lipinski definition) is 3. The molecule has 0 aliphatic carbocycles. The molecule has 3 N–H and O–H groups in total. The highest BCUT2D eigenvalue weighted by Gasteiger charge is 2.42. The van der Waals surface area contributed by atoms with Crippen LogP contribution >= 0.6 is 0 Å². The maximum atomic E-state index is 14.0. The van der Waals surface area contributed by atoms with E-state index in [1.165, 1.54) is 30.3 Å². The quantitative estimate of drug-likeness (QED) is 0.218. The Morgan fingerprint density at radius 1 is 0.875 bits per heavy atom. The number of benzene rings is 4. The van der Waals surface area contributed by atoms with Crippen molar-refractivity contribution in [3.05, 3.63) is 131 Å². The second kappa shape index (κ2) is 11.5. The number of carbonyl (C=O) groups is 1. The van der Waals surface area contributed by atoms with Gasteiger partial charge >= 0.3 is 5.97 Å². The van der Waals surface area contributed by atoms with E-state index in [0.29, 0.717) is 22.6 Å². The van der Waals surface area contributed by atoms with Crippen LogP contribution < -0.4 is 10.2 Å². The Labute approximate surface area is 230 Å². The van der Waals surface area contributed by atoms with Crippen molar-refractivity contribution in [2.45, 2.75) is 25.4 Å². The molecule has 0 saturated carbocycles. The van der Waals surface area contributed by atoms with Crippen molar-refractivity contribution in [1.29, 1.82) is 0 Å². The topological polar surface area (TPSA) is 82.0 Å². The van der Waals surface area contributed by atoms with Crippen molar-refractivity contribution < 1.29 is 28.5 Å². The first kappa shape index (κ1) is 26.7. The molecule has 0 saturated heterocycles. The molecule has 0 spiro atoms. The number of aromatic hydroxyl groups is 2. The van der Waals surface area contributed by atoms with Crippen molar-refractivity contribution in [3.63, 3.8) is 0 Å². The number of hydrogen-bond acceptors (Lipinski definition) is 6. The molecule has 0 aromatic heterocycles. The molecule has 0 fully saturated rings. The molecule has 8 heteroatoms. The summed E-state index contributed by atoms with van der Waals surface area (Å²) in [6.45, 7) is 1.84.